The van der Waals surface area contributed by atoms with Crippen molar-refractivity contribution in [1.29, 1.82) is 0 Å². The van der Waals surface area contributed by atoms with Crippen LogP contribution in [0.5, 0.6) is 0 Å². The van der Waals surface area contributed by atoms with E-state index in [1.807, 2.05) is 42.7 Å². The number of alkyl halides is 3. The summed E-state index contributed by atoms with van der Waals surface area (Å²) in [6, 6.07) is 7.60. The van der Waals surface area contributed by atoms with Crippen molar-refractivity contribution in [2.75, 3.05) is 5.32 Å². The van der Waals surface area contributed by atoms with E-state index in [-0.39, 0.29) is 5.91 Å². The first-order valence-electron chi connectivity index (χ1n) is 7.80. The lowest BCUT2D eigenvalue weighted by molar-refractivity contribution is -0.192. The summed E-state index contributed by atoms with van der Waals surface area (Å²) in [4.78, 5) is 31.7. The van der Waals surface area contributed by atoms with E-state index in [1.54, 1.807) is 6.33 Å². The Kier molecular flexibility index (Phi) is 6.18. The molecule has 1 amide bonds. The smallest absolute Gasteiger partial charge is 0.475 e. The summed E-state index contributed by atoms with van der Waals surface area (Å²) in [6.45, 7) is 4.00. The quantitative estimate of drug-likeness (QED) is 0.631. The minimum atomic E-state index is -5.08. The SMILES string of the molecule is Cc1ncn(-c2ccc(NC(=O)c3cnc[nH]3)cc2)c1C.O=C(O)C(F)(F)F. The number of aromatic amines is 1. The van der Waals surface area contributed by atoms with E-state index >= 15 is 0 Å². The van der Waals surface area contributed by atoms with Crippen LogP contribution in [0.2, 0.25) is 0 Å². The molecule has 2 aromatic heterocycles. The van der Waals surface area contributed by atoms with Crippen molar-refractivity contribution in [3.8, 4) is 5.69 Å². The van der Waals surface area contributed by atoms with Gasteiger partial charge in [0, 0.05) is 17.1 Å². The minimum absolute atomic E-state index is 0.213. The van der Waals surface area contributed by atoms with Gasteiger partial charge in [0.05, 0.1) is 24.5 Å². The van der Waals surface area contributed by atoms with Crippen molar-refractivity contribution in [1.82, 2.24) is 19.5 Å². The Morgan fingerprint density at radius 2 is 1.79 bits per heavy atom. The van der Waals surface area contributed by atoms with Crippen molar-refractivity contribution in [3.63, 3.8) is 0 Å². The first-order chi connectivity index (χ1) is 13.1. The number of anilines is 1. The van der Waals surface area contributed by atoms with Crippen LogP contribution in [0.1, 0.15) is 21.9 Å². The molecule has 1 aromatic carbocycles. The van der Waals surface area contributed by atoms with Crippen LogP contribution < -0.4 is 5.32 Å². The van der Waals surface area contributed by atoms with E-state index in [1.165, 1.54) is 12.5 Å². The van der Waals surface area contributed by atoms with Gasteiger partial charge in [0.15, 0.2) is 0 Å². The van der Waals surface area contributed by atoms with Crippen LogP contribution >= 0.6 is 0 Å². The number of carbonyl (C=O) groups excluding carboxylic acids is 1. The molecule has 0 saturated carbocycles. The fourth-order valence-corrected chi connectivity index (χ4v) is 2.04. The lowest BCUT2D eigenvalue weighted by Gasteiger charge is -2.08. The lowest BCUT2D eigenvalue weighted by atomic mass is 10.2. The van der Waals surface area contributed by atoms with Crippen LogP contribution in [0.15, 0.2) is 43.1 Å². The average molecular weight is 395 g/mol. The Balaban J connectivity index is 0.000000345. The fourth-order valence-electron chi connectivity index (χ4n) is 2.04. The van der Waals surface area contributed by atoms with Crippen LogP contribution in [-0.2, 0) is 4.79 Å². The van der Waals surface area contributed by atoms with Crippen molar-refractivity contribution < 1.29 is 27.9 Å². The van der Waals surface area contributed by atoms with Crippen molar-refractivity contribution in [2.45, 2.75) is 20.0 Å². The number of rotatable bonds is 3. The van der Waals surface area contributed by atoms with Gasteiger partial charge in [0.25, 0.3) is 5.91 Å². The lowest BCUT2D eigenvalue weighted by Crippen LogP contribution is -2.21. The van der Waals surface area contributed by atoms with Crippen molar-refractivity contribution >= 4 is 17.6 Å². The van der Waals surface area contributed by atoms with Gasteiger partial charge in [-0.3, -0.25) is 4.79 Å². The van der Waals surface area contributed by atoms with E-state index in [2.05, 4.69) is 20.3 Å². The number of halogens is 3. The van der Waals surface area contributed by atoms with Gasteiger partial charge < -0.3 is 20.0 Å². The van der Waals surface area contributed by atoms with Gasteiger partial charge in [0.2, 0.25) is 0 Å². The number of hydrogen-bond acceptors (Lipinski definition) is 4. The Hall–Kier alpha value is -3.63. The van der Waals surface area contributed by atoms with E-state index in [9.17, 15) is 18.0 Å². The zero-order valence-electron chi connectivity index (χ0n) is 14.8. The summed E-state index contributed by atoms with van der Waals surface area (Å²) in [5.74, 6) is -2.97. The van der Waals surface area contributed by atoms with Gasteiger partial charge in [0.1, 0.15) is 5.69 Å². The predicted molar refractivity (Wildman–Crippen MR) is 93.3 cm³/mol. The van der Waals surface area contributed by atoms with Crippen molar-refractivity contribution in [3.05, 3.63) is 60.2 Å². The molecule has 0 radical (unpaired) electrons. The highest BCUT2D eigenvalue weighted by Crippen LogP contribution is 2.17. The number of amides is 1. The molecule has 0 bridgehead atoms. The Bertz CT molecular complexity index is 948. The summed E-state index contributed by atoms with van der Waals surface area (Å²) in [7, 11) is 0. The third-order valence-electron chi connectivity index (χ3n) is 3.64. The van der Waals surface area contributed by atoms with Gasteiger partial charge >= 0.3 is 12.1 Å². The van der Waals surface area contributed by atoms with Crippen LogP contribution in [0, 0.1) is 13.8 Å². The molecule has 0 aliphatic rings. The summed E-state index contributed by atoms with van der Waals surface area (Å²) < 4.78 is 33.7. The van der Waals surface area contributed by atoms with Gasteiger partial charge in [-0.25, -0.2) is 14.8 Å². The maximum Gasteiger partial charge on any atom is 0.490 e. The number of nitrogens with one attached hydrogen (secondary N) is 2. The Morgan fingerprint density at radius 3 is 2.21 bits per heavy atom. The van der Waals surface area contributed by atoms with Gasteiger partial charge in [-0.2, -0.15) is 13.2 Å². The molecular weight excluding hydrogens is 379 g/mol. The number of imidazole rings is 2. The molecule has 3 rings (SSSR count). The second-order valence-corrected chi connectivity index (χ2v) is 5.55. The maximum absolute atomic E-state index is 11.9. The topological polar surface area (TPSA) is 113 Å². The number of carbonyl (C=O) groups is 2. The first-order valence-corrected chi connectivity index (χ1v) is 7.80. The highest BCUT2D eigenvalue weighted by molar-refractivity contribution is 6.02. The Labute approximate surface area is 157 Å². The molecule has 0 saturated heterocycles. The number of aryl methyl sites for hydroxylation is 1. The molecule has 0 atom stereocenters. The van der Waals surface area contributed by atoms with Crippen LogP contribution in [0.3, 0.4) is 0 Å². The molecule has 0 aliphatic carbocycles. The Morgan fingerprint density at radius 1 is 1.18 bits per heavy atom. The molecule has 2 heterocycles. The molecule has 148 valence electrons. The first kappa shape index (κ1) is 20.7. The number of carboxylic acids is 1. The standard InChI is InChI=1S/C15H15N5O.C2HF3O2/c1-10-11(2)20(9-18-10)13-5-3-12(4-6-13)19-15(21)14-7-16-8-17-14;3-2(4,5)1(6)7/h3-9H,1-2H3,(H,16,17)(H,19,21);(H,6,7). The third-order valence-corrected chi connectivity index (χ3v) is 3.64. The number of nitrogens with zero attached hydrogens (tertiary/aromatic N) is 3. The fraction of sp³-hybridized carbons (Fsp3) is 0.176. The second kappa shape index (κ2) is 8.37. The van der Waals surface area contributed by atoms with Gasteiger partial charge in [-0.1, -0.05) is 0 Å². The van der Waals surface area contributed by atoms with Crippen LogP contribution in [0.25, 0.3) is 5.69 Å². The molecule has 0 fully saturated rings. The molecular formula is C17H16F3N5O3. The second-order valence-electron chi connectivity index (χ2n) is 5.55. The highest BCUT2D eigenvalue weighted by Gasteiger charge is 2.38. The number of aliphatic carboxylic acids is 1. The largest absolute Gasteiger partial charge is 0.490 e. The third kappa shape index (κ3) is 5.19. The highest BCUT2D eigenvalue weighted by atomic mass is 19.4. The number of H-pyrrole nitrogens is 1. The average Bonchev–Trinajstić information content (AvgIpc) is 3.27. The number of carboxylic acid groups (broad SMARTS) is 1. The molecule has 11 heteroatoms. The van der Waals surface area contributed by atoms with E-state index in [4.69, 9.17) is 9.90 Å². The summed E-state index contributed by atoms with van der Waals surface area (Å²) in [5.41, 5.74) is 4.27. The molecule has 0 unspecified atom stereocenters. The molecule has 0 spiro atoms. The zero-order valence-corrected chi connectivity index (χ0v) is 14.8. The summed E-state index contributed by atoms with van der Waals surface area (Å²) >= 11 is 0. The summed E-state index contributed by atoms with van der Waals surface area (Å²) in [5, 5.41) is 9.93. The molecule has 8 nitrogen and oxygen atoms in total. The number of aromatic nitrogens is 4. The van der Waals surface area contributed by atoms with Crippen LogP contribution in [-0.4, -0.2) is 42.7 Å². The van der Waals surface area contributed by atoms with Gasteiger partial charge in [-0.05, 0) is 38.1 Å². The molecule has 28 heavy (non-hydrogen) atoms. The molecule has 3 N–H and O–H groups in total. The van der Waals surface area contributed by atoms with Crippen molar-refractivity contribution in [2.24, 2.45) is 0 Å². The zero-order chi connectivity index (χ0) is 20.9. The van der Waals surface area contributed by atoms with Crippen LogP contribution in [0.4, 0.5) is 18.9 Å². The maximum atomic E-state index is 11.9. The van der Waals surface area contributed by atoms with E-state index in [0.29, 0.717) is 5.69 Å². The van der Waals surface area contributed by atoms with E-state index < -0.39 is 12.1 Å². The number of hydrogen-bond donors (Lipinski definition) is 3. The number of benzene rings is 1. The summed E-state index contributed by atoms with van der Waals surface area (Å²) in [6.07, 6.45) is -0.327. The van der Waals surface area contributed by atoms with E-state index in [0.717, 1.165) is 22.8 Å². The van der Waals surface area contributed by atoms with Gasteiger partial charge in [-0.15, -0.1) is 0 Å². The molecule has 3 aromatic rings. The minimum Gasteiger partial charge on any atom is -0.475 e. The monoisotopic (exact) mass is 395 g/mol. The predicted octanol–water partition coefficient (Wildman–Crippen LogP) is 3.10. The molecule has 0 aliphatic heterocycles. The normalized spacial score (nSPS) is 10.8.